The number of rotatable bonds is 7. The maximum absolute atomic E-state index is 12.9. The Bertz CT molecular complexity index is 1070. The van der Waals surface area contributed by atoms with Crippen LogP contribution >= 0.6 is 0 Å². The molecule has 0 bridgehead atoms. The fourth-order valence-corrected chi connectivity index (χ4v) is 3.24. The summed E-state index contributed by atoms with van der Waals surface area (Å²) in [5, 5.41) is 9.12. The van der Waals surface area contributed by atoms with Gasteiger partial charge in [-0.15, -0.1) is 0 Å². The molecule has 1 fully saturated rings. The van der Waals surface area contributed by atoms with Gasteiger partial charge in [0.25, 0.3) is 11.8 Å². The first-order valence-electron chi connectivity index (χ1n) is 9.26. The van der Waals surface area contributed by atoms with Crippen molar-refractivity contribution < 1.29 is 33.7 Å². The van der Waals surface area contributed by atoms with Crippen molar-refractivity contribution in [3.63, 3.8) is 0 Å². The van der Waals surface area contributed by atoms with E-state index < -0.39 is 24.3 Å². The molecule has 1 saturated heterocycles. The first-order valence-corrected chi connectivity index (χ1v) is 9.26. The zero-order chi connectivity index (χ0) is 22.5. The van der Waals surface area contributed by atoms with Gasteiger partial charge in [-0.2, -0.15) is 0 Å². The summed E-state index contributed by atoms with van der Waals surface area (Å²) in [6, 6.07) is 12.2. The Morgan fingerprint density at radius 3 is 1.81 bits per heavy atom. The molecule has 0 spiro atoms. The van der Waals surface area contributed by atoms with E-state index in [2.05, 4.69) is 0 Å². The molecule has 0 radical (unpaired) electrons. The minimum atomic E-state index is -1.28. The zero-order valence-electron chi connectivity index (χ0n) is 17.2. The van der Waals surface area contributed by atoms with E-state index in [0.29, 0.717) is 33.3 Å². The van der Waals surface area contributed by atoms with Gasteiger partial charge in [0, 0.05) is 0 Å². The number of benzene rings is 2. The number of nitrogens with zero attached hydrogens (tertiary/aromatic N) is 1. The van der Waals surface area contributed by atoms with Gasteiger partial charge in [0.1, 0.15) is 6.54 Å². The van der Waals surface area contributed by atoms with Crippen molar-refractivity contribution in [1.82, 2.24) is 4.90 Å². The third-order valence-electron chi connectivity index (χ3n) is 4.64. The van der Waals surface area contributed by atoms with Crippen LogP contribution in [-0.2, 0) is 14.4 Å². The Hall–Kier alpha value is -3.07. The Morgan fingerprint density at radius 2 is 1.38 bits per heavy atom. The van der Waals surface area contributed by atoms with E-state index in [4.69, 9.17) is 19.3 Å². The van der Waals surface area contributed by atoms with Gasteiger partial charge < -0.3 is 19.3 Å². The second-order valence-corrected chi connectivity index (χ2v) is 6.58. The van der Waals surface area contributed by atoms with E-state index in [1.54, 1.807) is 42.5 Å². The average molecular weight is 447 g/mol. The molecule has 8 nitrogen and oxygen atoms in total. The van der Waals surface area contributed by atoms with Crippen LogP contribution in [0.15, 0.2) is 53.6 Å². The molecule has 32 heavy (non-hydrogen) atoms. The predicted molar refractivity (Wildman–Crippen MR) is 120 cm³/mol. The normalized spacial score (nSPS) is 15.7. The van der Waals surface area contributed by atoms with E-state index in [-0.39, 0.29) is 40.7 Å². The standard InChI is InChI=1S/C23H21NO7.Na.H/c1-29-18-11-15(12-19(30-2)21(18)31-3)10-17-16(9-14-7-5-4-6-8-14)22(27)24(23(17)28)13-20(25)26;;/h4-12H,13H2,1-3H3,(H,25,26);;. The Labute approximate surface area is 207 Å². The second-order valence-electron chi connectivity index (χ2n) is 6.58. The quantitative estimate of drug-likeness (QED) is 0.393. The number of imide groups is 1. The van der Waals surface area contributed by atoms with E-state index in [9.17, 15) is 14.4 Å². The van der Waals surface area contributed by atoms with Gasteiger partial charge in [0.15, 0.2) is 11.5 Å². The number of amides is 2. The molecular formula is C23H22NNaO7. The van der Waals surface area contributed by atoms with Gasteiger partial charge in [-0.1, -0.05) is 30.3 Å². The summed E-state index contributed by atoms with van der Waals surface area (Å²) in [7, 11) is 4.41. The van der Waals surface area contributed by atoms with Crippen molar-refractivity contribution in [3.8, 4) is 17.2 Å². The summed E-state index contributed by atoms with van der Waals surface area (Å²) in [5.74, 6) is -1.51. The van der Waals surface area contributed by atoms with Crippen LogP contribution in [0.3, 0.4) is 0 Å². The van der Waals surface area contributed by atoms with Crippen LogP contribution in [-0.4, -0.2) is 85.2 Å². The molecule has 1 heterocycles. The van der Waals surface area contributed by atoms with Gasteiger partial charge in [0.05, 0.1) is 32.5 Å². The number of hydrogen-bond acceptors (Lipinski definition) is 6. The predicted octanol–water partition coefficient (Wildman–Crippen LogP) is 1.98. The molecule has 0 atom stereocenters. The molecule has 0 saturated carbocycles. The molecule has 1 aliphatic rings. The van der Waals surface area contributed by atoms with Gasteiger partial charge in [0.2, 0.25) is 5.75 Å². The third kappa shape index (κ3) is 5.21. The van der Waals surface area contributed by atoms with E-state index >= 15 is 0 Å². The van der Waals surface area contributed by atoms with Crippen LogP contribution in [0.25, 0.3) is 12.2 Å². The monoisotopic (exact) mass is 447 g/mol. The molecule has 0 aliphatic carbocycles. The van der Waals surface area contributed by atoms with Gasteiger partial charge in [-0.25, -0.2) is 0 Å². The molecule has 2 aromatic carbocycles. The van der Waals surface area contributed by atoms with E-state index in [1.807, 2.05) is 6.07 Å². The first kappa shape index (κ1) is 25.2. The average Bonchev–Trinajstić information content (AvgIpc) is 2.97. The number of carbonyl (C=O) groups is 3. The van der Waals surface area contributed by atoms with Crippen LogP contribution in [0.1, 0.15) is 11.1 Å². The summed E-state index contributed by atoms with van der Waals surface area (Å²) >= 11 is 0. The Morgan fingerprint density at radius 1 is 0.875 bits per heavy atom. The Kier molecular flexibility index (Phi) is 8.65. The molecule has 0 unspecified atom stereocenters. The number of carbonyl (C=O) groups excluding carboxylic acids is 2. The first-order chi connectivity index (χ1) is 14.9. The summed E-state index contributed by atoms with van der Waals surface area (Å²) in [6.45, 7) is -0.726. The number of ether oxygens (including phenoxy) is 3. The molecule has 1 aliphatic heterocycles. The van der Waals surface area contributed by atoms with Crippen LogP contribution in [0.2, 0.25) is 0 Å². The topological polar surface area (TPSA) is 102 Å². The number of aliphatic carboxylic acids is 1. The minimum absolute atomic E-state index is 0. The number of likely N-dealkylation sites (tertiary alicyclic amines) is 1. The van der Waals surface area contributed by atoms with Crippen molar-refractivity contribution >= 4 is 59.5 Å². The molecule has 0 aromatic heterocycles. The van der Waals surface area contributed by atoms with Gasteiger partial charge in [-0.05, 0) is 35.4 Å². The molecule has 2 amide bonds. The third-order valence-corrected chi connectivity index (χ3v) is 4.64. The van der Waals surface area contributed by atoms with Crippen molar-refractivity contribution in [2.75, 3.05) is 27.9 Å². The van der Waals surface area contributed by atoms with E-state index in [0.717, 1.165) is 0 Å². The van der Waals surface area contributed by atoms with Crippen molar-refractivity contribution in [2.45, 2.75) is 0 Å². The summed E-state index contributed by atoms with van der Waals surface area (Å²) < 4.78 is 16.0. The van der Waals surface area contributed by atoms with Crippen LogP contribution in [0.4, 0.5) is 0 Å². The summed E-state index contributed by atoms with van der Waals surface area (Å²) in [5.41, 5.74) is 1.39. The number of methoxy groups -OCH3 is 3. The van der Waals surface area contributed by atoms with Crippen LogP contribution in [0, 0.1) is 0 Å². The number of hydrogen-bond donors (Lipinski definition) is 1. The molecular weight excluding hydrogens is 425 g/mol. The summed E-state index contributed by atoms with van der Waals surface area (Å²) in [6.07, 6.45) is 3.06. The molecule has 3 rings (SSSR count). The van der Waals surface area contributed by atoms with Crippen molar-refractivity contribution in [2.24, 2.45) is 0 Å². The molecule has 162 valence electrons. The Balaban J connectivity index is 0.00000363. The molecule has 1 N–H and O–H groups in total. The van der Waals surface area contributed by atoms with Gasteiger partial charge >= 0.3 is 35.5 Å². The van der Waals surface area contributed by atoms with Crippen molar-refractivity contribution in [1.29, 1.82) is 0 Å². The summed E-state index contributed by atoms with van der Waals surface area (Å²) in [4.78, 5) is 37.7. The molecule has 2 aromatic rings. The van der Waals surface area contributed by atoms with Crippen molar-refractivity contribution in [3.05, 3.63) is 64.7 Å². The fourth-order valence-electron chi connectivity index (χ4n) is 3.24. The van der Waals surface area contributed by atoms with Crippen LogP contribution < -0.4 is 14.2 Å². The zero-order valence-corrected chi connectivity index (χ0v) is 17.2. The van der Waals surface area contributed by atoms with Gasteiger partial charge in [-0.3, -0.25) is 19.3 Å². The SMILES string of the molecule is COc1cc(C=C2C(=O)N(CC(=O)O)C(=O)C2=Cc2ccccc2)cc(OC)c1OC.[NaH]. The number of carboxylic acids is 1. The maximum atomic E-state index is 12.9. The molecule has 9 heteroatoms. The fraction of sp³-hybridized carbons (Fsp3) is 0.174. The number of carboxylic acid groups (broad SMARTS) is 1. The van der Waals surface area contributed by atoms with E-state index in [1.165, 1.54) is 27.4 Å². The second kappa shape index (κ2) is 11.0. The van der Waals surface area contributed by atoms with Crippen LogP contribution in [0.5, 0.6) is 17.2 Å².